The maximum Gasteiger partial charge on any atom is 0.272 e. The van der Waals surface area contributed by atoms with Crippen molar-refractivity contribution in [3.8, 4) is 11.5 Å². The normalized spacial score (nSPS) is 10.8. The lowest BCUT2D eigenvalue weighted by molar-refractivity contribution is 0.102. The molecule has 0 unspecified atom stereocenters. The Kier molecular flexibility index (Phi) is 3.85. The van der Waals surface area contributed by atoms with Crippen molar-refractivity contribution < 1.29 is 9.21 Å². The summed E-state index contributed by atoms with van der Waals surface area (Å²) in [5.74, 6) is 0.0892. The van der Waals surface area contributed by atoms with Crippen LogP contribution in [0.3, 0.4) is 0 Å². The highest BCUT2D eigenvalue weighted by Crippen LogP contribution is 2.22. The SMILES string of the molecule is Cc1coc(-c2cccc(NC(=O)c3cc4ccccc4c(=O)[nH]3)c2)n1. The zero-order chi connectivity index (χ0) is 18.1. The highest BCUT2D eigenvalue weighted by atomic mass is 16.3. The van der Waals surface area contributed by atoms with Gasteiger partial charge in [0.15, 0.2) is 0 Å². The second-order valence-corrected chi connectivity index (χ2v) is 5.93. The fourth-order valence-electron chi connectivity index (χ4n) is 2.75. The van der Waals surface area contributed by atoms with Gasteiger partial charge >= 0.3 is 0 Å². The van der Waals surface area contributed by atoms with Crippen molar-refractivity contribution in [3.63, 3.8) is 0 Å². The van der Waals surface area contributed by atoms with Crippen LogP contribution in [0.2, 0.25) is 0 Å². The van der Waals surface area contributed by atoms with Gasteiger partial charge in [-0.25, -0.2) is 4.98 Å². The van der Waals surface area contributed by atoms with Gasteiger partial charge < -0.3 is 14.7 Å². The van der Waals surface area contributed by atoms with Gasteiger partial charge in [-0.05, 0) is 42.6 Å². The van der Waals surface area contributed by atoms with Gasteiger partial charge in [0, 0.05) is 16.6 Å². The number of hydrogen-bond acceptors (Lipinski definition) is 4. The molecule has 6 nitrogen and oxygen atoms in total. The number of pyridine rings is 1. The summed E-state index contributed by atoms with van der Waals surface area (Å²) in [6.07, 6.45) is 1.57. The minimum absolute atomic E-state index is 0.200. The third-order valence-electron chi connectivity index (χ3n) is 3.98. The first-order chi connectivity index (χ1) is 12.6. The molecule has 0 saturated heterocycles. The van der Waals surface area contributed by atoms with E-state index in [1.54, 1.807) is 48.7 Å². The molecule has 2 aromatic heterocycles. The number of benzene rings is 2. The van der Waals surface area contributed by atoms with E-state index in [4.69, 9.17) is 4.42 Å². The molecule has 0 bridgehead atoms. The fraction of sp³-hybridized carbons (Fsp3) is 0.0500. The lowest BCUT2D eigenvalue weighted by atomic mass is 10.1. The van der Waals surface area contributed by atoms with Crippen molar-refractivity contribution in [2.24, 2.45) is 0 Å². The largest absolute Gasteiger partial charge is 0.444 e. The summed E-state index contributed by atoms with van der Waals surface area (Å²) < 4.78 is 5.39. The highest BCUT2D eigenvalue weighted by molar-refractivity contribution is 6.04. The van der Waals surface area contributed by atoms with E-state index in [0.717, 1.165) is 11.3 Å². The molecule has 0 fully saturated rings. The van der Waals surface area contributed by atoms with Gasteiger partial charge in [0.1, 0.15) is 12.0 Å². The molecule has 2 aromatic carbocycles. The number of oxazole rings is 1. The van der Waals surface area contributed by atoms with Crippen LogP contribution >= 0.6 is 0 Å². The molecule has 2 N–H and O–H groups in total. The first-order valence-corrected chi connectivity index (χ1v) is 8.06. The molecular formula is C20H15N3O3. The number of anilines is 1. The monoisotopic (exact) mass is 345 g/mol. The summed E-state index contributed by atoms with van der Waals surface area (Å²) in [6.45, 7) is 1.84. The van der Waals surface area contributed by atoms with Crippen LogP contribution in [-0.4, -0.2) is 15.9 Å². The number of amides is 1. The van der Waals surface area contributed by atoms with Crippen molar-refractivity contribution in [2.45, 2.75) is 6.92 Å². The minimum atomic E-state index is -0.395. The van der Waals surface area contributed by atoms with Crippen molar-refractivity contribution >= 4 is 22.4 Å². The molecule has 128 valence electrons. The summed E-state index contributed by atoms with van der Waals surface area (Å²) >= 11 is 0. The third kappa shape index (κ3) is 3.00. The zero-order valence-electron chi connectivity index (χ0n) is 13.9. The molecule has 1 amide bonds. The molecule has 4 rings (SSSR count). The summed E-state index contributed by atoms with van der Waals surface area (Å²) in [6, 6.07) is 16.0. The second-order valence-electron chi connectivity index (χ2n) is 5.93. The van der Waals surface area contributed by atoms with E-state index in [-0.39, 0.29) is 11.3 Å². The molecular weight excluding hydrogens is 330 g/mol. The van der Waals surface area contributed by atoms with Crippen LogP contribution in [-0.2, 0) is 0 Å². The maximum atomic E-state index is 12.5. The summed E-state index contributed by atoms with van der Waals surface area (Å²) in [5.41, 5.74) is 2.02. The number of nitrogens with zero attached hydrogens (tertiary/aromatic N) is 1. The van der Waals surface area contributed by atoms with E-state index in [1.165, 1.54) is 0 Å². The maximum absolute atomic E-state index is 12.5. The van der Waals surface area contributed by atoms with Crippen LogP contribution in [0.1, 0.15) is 16.2 Å². The van der Waals surface area contributed by atoms with E-state index >= 15 is 0 Å². The van der Waals surface area contributed by atoms with E-state index in [9.17, 15) is 9.59 Å². The molecule has 0 saturated carbocycles. The van der Waals surface area contributed by atoms with Gasteiger partial charge in [-0.1, -0.05) is 24.3 Å². The highest BCUT2D eigenvalue weighted by Gasteiger charge is 2.11. The Morgan fingerprint density at radius 3 is 2.77 bits per heavy atom. The molecule has 0 atom stereocenters. The standard InChI is InChI=1S/C20H15N3O3/c1-12-11-26-20(21-12)14-6-4-7-15(9-14)22-19(25)17-10-13-5-2-3-8-16(13)18(24)23-17/h2-11H,1H3,(H,22,25)(H,23,24). The second kappa shape index (κ2) is 6.33. The van der Waals surface area contributed by atoms with Gasteiger partial charge in [0.2, 0.25) is 5.89 Å². The summed E-state index contributed by atoms with van der Waals surface area (Å²) in [5, 5.41) is 4.05. The Hall–Kier alpha value is -3.67. The predicted octanol–water partition coefficient (Wildman–Crippen LogP) is 3.74. The van der Waals surface area contributed by atoms with Crippen molar-refractivity contribution in [1.82, 2.24) is 9.97 Å². The first kappa shape index (κ1) is 15.8. The Morgan fingerprint density at radius 1 is 1.12 bits per heavy atom. The number of carbonyl (C=O) groups excluding carboxylic acids is 1. The Bertz CT molecular complexity index is 1170. The average molecular weight is 345 g/mol. The van der Waals surface area contributed by atoms with Gasteiger partial charge in [-0.2, -0.15) is 0 Å². The average Bonchev–Trinajstić information content (AvgIpc) is 3.08. The summed E-state index contributed by atoms with van der Waals surface area (Å²) in [4.78, 5) is 31.6. The molecule has 6 heteroatoms. The Balaban J connectivity index is 1.63. The first-order valence-electron chi connectivity index (χ1n) is 8.06. The minimum Gasteiger partial charge on any atom is -0.444 e. The summed E-state index contributed by atoms with van der Waals surface area (Å²) in [7, 11) is 0. The molecule has 0 radical (unpaired) electrons. The van der Waals surface area contributed by atoms with Gasteiger partial charge in [-0.3, -0.25) is 9.59 Å². The fourth-order valence-corrected chi connectivity index (χ4v) is 2.75. The number of nitrogens with one attached hydrogen (secondary N) is 2. The van der Waals surface area contributed by atoms with Crippen LogP contribution in [0.15, 0.2) is 70.1 Å². The van der Waals surface area contributed by atoms with Crippen LogP contribution in [0.25, 0.3) is 22.2 Å². The van der Waals surface area contributed by atoms with E-state index in [2.05, 4.69) is 15.3 Å². The van der Waals surface area contributed by atoms with E-state index < -0.39 is 5.91 Å². The van der Waals surface area contributed by atoms with E-state index in [0.29, 0.717) is 22.4 Å². The van der Waals surface area contributed by atoms with Gasteiger partial charge in [0.25, 0.3) is 11.5 Å². The van der Waals surface area contributed by atoms with Crippen LogP contribution < -0.4 is 10.9 Å². The lowest BCUT2D eigenvalue weighted by Gasteiger charge is -2.07. The number of hydrogen-bond donors (Lipinski definition) is 2. The number of H-pyrrole nitrogens is 1. The van der Waals surface area contributed by atoms with Crippen molar-refractivity contribution in [1.29, 1.82) is 0 Å². The predicted molar refractivity (Wildman–Crippen MR) is 99.2 cm³/mol. The lowest BCUT2D eigenvalue weighted by Crippen LogP contribution is -2.18. The zero-order valence-corrected chi connectivity index (χ0v) is 13.9. The molecule has 0 spiro atoms. The number of aryl methyl sites for hydroxylation is 1. The number of carbonyl (C=O) groups is 1. The van der Waals surface area contributed by atoms with Crippen molar-refractivity contribution in [3.05, 3.63) is 82.6 Å². The number of rotatable bonds is 3. The topological polar surface area (TPSA) is 88.0 Å². The Morgan fingerprint density at radius 2 is 1.96 bits per heavy atom. The third-order valence-corrected chi connectivity index (χ3v) is 3.98. The van der Waals surface area contributed by atoms with Crippen LogP contribution in [0.5, 0.6) is 0 Å². The van der Waals surface area contributed by atoms with Gasteiger partial charge in [-0.15, -0.1) is 0 Å². The van der Waals surface area contributed by atoms with Crippen LogP contribution in [0, 0.1) is 6.92 Å². The van der Waals surface area contributed by atoms with Gasteiger partial charge in [0.05, 0.1) is 5.69 Å². The molecule has 2 heterocycles. The Labute approximate surface area is 148 Å². The number of aromatic amines is 1. The molecule has 26 heavy (non-hydrogen) atoms. The van der Waals surface area contributed by atoms with E-state index in [1.807, 2.05) is 19.1 Å². The van der Waals surface area contributed by atoms with Crippen LogP contribution in [0.4, 0.5) is 5.69 Å². The quantitative estimate of drug-likeness (QED) is 0.592. The molecule has 0 aliphatic carbocycles. The smallest absolute Gasteiger partial charge is 0.272 e. The molecule has 0 aliphatic rings. The van der Waals surface area contributed by atoms with Crippen molar-refractivity contribution in [2.75, 3.05) is 5.32 Å². The number of aromatic nitrogens is 2. The molecule has 4 aromatic rings. The molecule has 0 aliphatic heterocycles. The number of fused-ring (bicyclic) bond motifs is 1.